The molecule has 2 rings (SSSR count). The van der Waals surface area contributed by atoms with E-state index in [0.29, 0.717) is 0 Å². The van der Waals surface area contributed by atoms with Crippen LogP contribution < -0.4 is 0 Å². The predicted octanol–water partition coefficient (Wildman–Crippen LogP) is 3.42. The number of halogens is 4. The summed E-state index contributed by atoms with van der Waals surface area (Å²) in [4.78, 5) is 12.8. The quantitative estimate of drug-likeness (QED) is 0.790. The number of carbonyl (C=O) groups is 1. The number of hydrogen-bond acceptors (Lipinski definition) is 2. The SMILES string of the molecule is C=CC(=O)N(Cc1c(F)cccc1Cl)C1COCCC1(F)F. The average Bonchev–Trinajstić information content (AvgIpc) is 2.47. The first-order valence-corrected chi connectivity index (χ1v) is 7.06. The van der Waals surface area contributed by atoms with E-state index < -0.39 is 30.1 Å². The van der Waals surface area contributed by atoms with Gasteiger partial charge >= 0.3 is 0 Å². The highest BCUT2D eigenvalue weighted by atomic mass is 35.5. The van der Waals surface area contributed by atoms with Gasteiger partial charge in [-0.05, 0) is 18.2 Å². The van der Waals surface area contributed by atoms with E-state index in [4.69, 9.17) is 16.3 Å². The van der Waals surface area contributed by atoms with Crippen molar-refractivity contribution in [3.05, 3.63) is 47.3 Å². The molecule has 1 aromatic rings. The van der Waals surface area contributed by atoms with E-state index in [1.165, 1.54) is 12.1 Å². The summed E-state index contributed by atoms with van der Waals surface area (Å²) in [6.45, 7) is 2.53. The number of rotatable bonds is 4. The molecule has 1 atom stereocenters. The van der Waals surface area contributed by atoms with Gasteiger partial charge in [0.25, 0.3) is 5.92 Å². The van der Waals surface area contributed by atoms with Gasteiger partial charge in [0.15, 0.2) is 0 Å². The van der Waals surface area contributed by atoms with Crippen LogP contribution in [0.5, 0.6) is 0 Å². The summed E-state index contributed by atoms with van der Waals surface area (Å²) in [6, 6.07) is 2.51. The predicted molar refractivity (Wildman–Crippen MR) is 76.3 cm³/mol. The third kappa shape index (κ3) is 3.44. The van der Waals surface area contributed by atoms with Crippen molar-refractivity contribution in [3.63, 3.8) is 0 Å². The topological polar surface area (TPSA) is 29.5 Å². The van der Waals surface area contributed by atoms with Crippen LogP contribution in [-0.4, -0.2) is 36.0 Å². The van der Waals surface area contributed by atoms with Gasteiger partial charge in [-0.1, -0.05) is 24.2 Å². The van der Waals surface area contributed by atoms with E-state index in [-0.39, 0.29) is 30.3 Å². The fraction of sp³-hybridized carbons (Fsp3) is 0.400. The van der Waals surface area contributed by atoms with Gasteiger partial charge in [0.05, 0.1) is 19.8 Å². The molecule has 0 aliphatic carbocycles. The minimum Gasteiger partial charge on any atom is -0.379 e. The lowest BCUT2D eigenvalue weighted by Gasteiger charge is -2.39. The van der Waals surface area contributed by atoms with Crippen molar-refractivity contribution in [1.29, 1.82) is 0 Å². The Morgan fingerprint density at radius 2 is 2.27 bits per heavy atom. The molecule has 7 heteroatoms. The Labute approximate surface area is 131 Å². The van der Waals surface area contributed by atoms with Gasteiger partial charge < -0.3 is 9.64 Å². The largest absolute Gasteiger partial charge is 0.379 e. The number of amides is 1. The maximum atomic E-state index is 14.1. The molecule has 0 radical (unpaired) electrons. The third-order valence-corrected chi connectivity index (χ3v) is 3.92. The van der Waals surface area contributed by atoms with E-state index in [1.54, 1.807) is 0 Å². The van der Waals surface area contributed by atoms with Crippen LogP contribution in [0, 0.1) is 5.82 Å². The second kappa shape index (κ2) is 6.71. The monoisotopic (exact) mass is 333 g/mol. The highest BCUT2D eigenvalue weighted by Gasteiger charge is 2.47. The summed E-state index contributed by atoms with van der Waals surface area (Å²) in [5, 5.41) is 0.0712. The lowest BCUT2D eigenvalue weighted by atomic mass is 10.0. The van der Waals surface area contributed by atoms with Crippen molar-refractivity contribution in [2.75, 3.05) is 13.2 Å². The Hall–Kier alpha value is -1.53. The maximum Gasteiger partial charge on any atom is 0.272 e. The summed E-state index contributed by atoms with van der Waals surface area (Å²) >= 11 is 5.91. The molecule has 1 fully saturated rings. The van der Waals surface area contributed by atoms with Crippen LogP contribution in [0.3, 0.4) is 0 Å². The number of ether oxygens (including phenoxy) is 1. The summed E-state index contributed by atoms with van der Waals surface area (Å²) in [7, 11) is 0. The van der Waals surface area contributed by atoms with E-state index in [9.17, 15) is 18.0 Å². The van der Waals surface area contributed by atoms with Gasteiger partial charge in [0.2, 0.25) is 5.91 Å². The molecule has 0 N–H and O–H groups in total. The highest BCUT2D eigenvalue weighted by Crippen LogP contribution is 2.33. The fourth-order valence-electron chi connectivity index (χ4n) is 2.32. The van der Waals surface area contributed by atoms with Crippen LogP contribution in [-0.2, 0) is 16.1 Å². The molecule has 0 spiro atoms. The lowest BCUT2D eigenvalue weighted by Crippen LogP contribution is -2.55. The third-order valence-electron chi connectivity index (χ3n) is 3.57. The minimum atomic E-state index is -3.12. The molecule has 1 aromatic carbocycles. The molecule has 1 heterocycles. The second-order valence-corrected chi connectivity index (χ2v) is 5.38. The Morgan fingerprint density at radius 3 is 2.86 bits per heavy atom. The zero-order chi connectivity index (χ0) is 16.3. The average molecular weight is 334 g/mol. The molecular weight excluding hydrogens is 319 g/mol. The molecule has 1 aliphatic rings. The molecule has 0 bridgehead atoms. The lowest BCUT2D eigenvalue weighted by molar-refractivity contribution is -0.168. The van der Waals surface area contributed by atoms with Crippen molar-refractivity contribution < 1.29 is 22.7 Å². The molecule has 0 aromatic heterocycles. The van der Waals surface area contributed by atoms with E-state index in [2.05, 4.69) is 6.58 Å². The first-order valence-electron chi connectivity index (χ1n) is 6.68. The molecule has 1 saturated heterocycles. The Balaban J connectivity index is 2.35. The Bertz CT molecular complexity index is 560. The summed E-state index contributed by atoms with van der Waals surface area (Å²) in [5.41, 5.74) is -0.0132. The first-order chi connectivity index (χ1) is 10.4. The zero-order valence-corrected chi connectivity index (χ0v) is 12.5. The Morgan fingerprint density at radius 1 is 1.55 bits per heavy atom. The van der Waals surface area contributed by atoms with Crippen molar-refractivity contribution in [2.45, 2.75) is 24.9 Å². The van der Waals surface area contributed by atoms with Crippen molar-refractivity contribution in [3.8, 4) is 0 Å². The van der Waals surface area contributed by atoms with Crippen LogP contribution in [0.25, 0.3) is 0 Å². The number of nitrogens with zero attached hydrogens (tertiary/aromatic N) is 1. The Kier molecular flexibility index (Phi) is 5.13. The molecule has 3 nitrogen and oxygen atoms in total. The molecule has 1 unspecified atom stereocenters. The standard InChI is InChI=1S/C15H15ClF3NO2/c1-2-14(21)20(13-9-22-7-6-15(13,18)19)8-10-11(16)4-3-5-12(10)17/h2-5,13H,1,6-9H2. The first kappa shape index (κ1) is 16.8. The molecule has 22 heavy (non-hydrogen) atoms. The number of alkyl halides is 2. The van der Waals surface area contributed by atoms with Gasteiger partial charge in [-0.25, -0.2) is 13.2 Å². The van der Waals surface area contributed by atoms with Crippen LogP contribution in [0.1, 0.15) is 12.0 Å². The van der Waals surface area contributed by atoms with Gasteiger partial charge in [0, 0.05) is 17.0 Å². The summed E-state index contributed by atoms with van der Waals surface area (Å²) in [6.07, 6.45) is 0.420. The van der Waals surface area contributed by atoms with E-state index >= 15 is 0 Å². The van der Waals surface area contributed by atoms with Crippen molar-refractivity contribution >= 4 is 17.5 Å². The van der Waals surface area contributed by atoms with Gasteiger partial charge in [-0.2, -0.15) is 0 Å². The van der Waals surface area contributed by atoms with E-state index in [0.717, 1.165) is 17.0 Å². The van der Waals surface area contributed by atoms with Gasteiger partial charge in [-0.15, -0.1) is 0 Å². The van der Waals surface area contributed by atoms with Crippen molar-refractivity contribution in [1.82, 2.24) is 4.90 Å². The molecular formula is C15H15ClF3NO2. The summed E-state index contributed by atoms with van der Waals surface area (Å²) < 4.78 is 47.1. The van der Waals surface area contributed by atoms with Crippen LogP contribution in [0.4, 0.5) is 13.2 Å². The minimum absolute atomic E-state index is 0.0132. The van der Waals surface area contributed by atoms with Crippen LogP contribution in [0.2, 0.25) is 5.02 Å². The molecule has 0 saturated carbocycles. The van der Waals surface area contributed by atoms with Gasteiger partial charge in [0.1, 0.15) is 11.9 Å². The van der Waals surface area contributed by atoms with Crippen LogP contribution >= 0.6 is 11.6 Å². The van der Waals surface area contributed by atoms with Crippen molar-refractivity contribution in [2.24, 2.45) is 0 Å². The highest BCUT2D eigenvalue weighted by molar-refractivity contribution is 6.31. The fourth-order valence-corrected chi connectivity index (χ4v) is 2.55. The van der Waals surface area contributed by atoms with Gasteiger partial charge in [-0.3, -0.25) is 4.79 Å². The van der Waals surface area contributed by atoms with Crippen LogP contribution in [0.15, 0.2) is 30.9 Å². The molecule has 120 valence electrons. The normalized spacial score (nSPS) is 20.5. The second-order valence-electron chi connectivity index (χ2n) is 4.97. The number of hydrogen-bond donors (Lipinski definition) is 0. The maximum absolute atomic E-state index is 14.1. The number of carbonyl (C=O) groups excluding carboxylic acids is 1. The zero-order valence-electron chi connectivity index (χ0n) is 11.7. The molecule has 1 amide bonds. The number of benzene rings is 1. The molecule has 1 aliphatic heterocycles. The van der Waals surface area contributed by atoms with E-state index in [1.807, 2.05) is 0 Å². The smallest absolute Gasteiger partial charge is 0.272 e. The summed E-state index contributed by atoms with van der Waals surface area (Å²) in [5.74, 6) is -4.50.